The Morgan fingerprint density at radius 3 is 2.30 bits per heavy atom. The topological polar surface area (TPSA) is 43.4 Å². The predicted octanol–water partition coefficient (Wildman–Crippen LogP) is 3.92. The monoisotopic (exact) mass is 280 g/mol. The molecule has 0 spiro atoms. The van der Waals surface area contributed by atoms with Gasteiger partial charge in [0, 0.05) is 12.0 Å². The van der Waals surface area contributed by atoms with E-state index in [0.29, 0.717) is 12.5 Å². The van der Waals surface area contributed by atoms with Crippen LogP contribution < -0.4 is 0 Å². The molecule has 0 bridgehead atoms. The first-order valence-corrected chi connectivity index (χ1v) is 7.70. The van der Waals surface area contributed by atoms with Gasteiger partial charge in [-0.2, -0.15) is 0 Å². The summed E-state index contributed by atoms with van der Waals surface area (Å²) in [5.74, 6) is -0.0483. The Labute approximate surface area is 122 Å². The van der Waals surface area contributed by atoms with E-state index in [2.05, 4.69) is 6.92 Å². The van der Waals surface area contributed by atoms with Gasteiger partial charge in [-0.25, -0.2) is 4.79 Å². The van der Waals surface area contributed by atoms with Crippen LogP contribution in [0, 0.1) is 17.3 Å². The van der Waals surface area contributed by atoms with Gasteiger partial charge in [0.2, 0.25) is 0 Å². The maximum absolute atomic E-state index is 11.9. The van der Waals surface area contributed by atoms with Gasteiger partial charge in [0.25, 0.3) is 0 Å². The normalized spacial score (nSPS) is 20.1. The van der Waals surface area contributed by atoms with Gasteiger partial charge in [0.1, 0.15) is 5.78 Å². The van der Waals surface area contributed by atoms with Gasteiger partial charge in [-0.15, -0.1) is 0 Å². The molecule has 0 heterocycles. The number of carbonyl (C=O) groups excluding carboxylic acids is 2. The van der Waals surface area contributed by atoms with Crippen molar-refractivity contribution in [1.82, 2.24) is 0 Å². The molecule has 1 saturated carbocycles. The Morgan fingerprint density at radius 2 is 1.80 bits per heavy atom. The largest absolute Gasteiger partial charge is 0.462 e. The Bertz CT molecular complexity index is 362. The van der Waals surface area contributed by atoms with E-state index in [9.17, 15) is 9.59 Å². The molecular formula is C17H28O3. The van der Waals surface area contributed by atoms with Gasteiger partial charge in [-0.3, -0.25) is 4.79 Å². The second-order valence-corrected chi connectivity index (χ2v) is 6.69. The van der Waals surface area contributed by atoms with Crippen LogP contribution in [0.25, 0.3) is 0 Å². The van der Waals surface area contributed by atoms with Gasteiger partial charge in [-0.05, 0) is 31.1 Å². The number of hydrogen-bond donors (Lipinski definition) is 0. The highest BCUT2D eigenvalue weighted by Gasteiger charge is 2.36. The smallest absolute Gasteiger partial charge is 0.330 e. The molecule has 3 heteroatoms. The van der Waals surface area contributed by atoms with Crippen LogP contribution >= 0.6 is 0 Å². The minimum atomic E-state index is -0.343. The number of ether oxygens (including phenoxy) is 1. The molecule has 0 amide bonds. The molecule has 114 valence electrons. The fraction of sp³-hybridized carbons (Fsp3) is 0.765. The standard InChI is InChI=1S/C17H28O3/c1-13(2)12-20-16(19)9-8-15(14(3)18)17(4)10-6-5-7-11-17/h8-9,13,15H,5-7,10-12H2,1-4H3/b9-8+/t15-/m1/s1. The lowest BCUT2D eigenvalue weighted by Gasteiger charge is -2.38. The van der Waals surface area contributed by atoms with Gasteiger partial charge in [0.15, 0.2) is 0 Å². The Balaban J connectivity index is 2.67. The van der Waals surface area contributed by atoms with Crippen LogP contribution in [0.3, 0.4) is 0 Å². The van der Waals surface area contributed by atoms with Crippen molar-refractivity contribution in [2.75, 3.05) is 6.61 Å². The van der Waals surface area contributed by atoms with E-state index in [0.717, 1.165) is 12.8 Å². The summed E-state index contributed by atoms with van der Waals surface area (Å²) in [7, 11) is 0. The number of hydrogen-bond acceptors (Lipinski definition) is 3. The van der Waals surface area contributed by atoms with Crippen LogP contribution in [0.1, 0.15) is 59.8 Å². The van der Waals surface area contributed by atoms with E-state index in [4.69, 9.17) is 4.74 Å². The van der Waals surface area contributed by atoms with Crippen molar-refractivity contribution < 1.29 is 14.3 Å². The first-order chi connectivity index (χ1) is 9.35. The quantitative estimate of drug-likeness (QED) is 0.547. The van der Waals surface area contributed by atoms with E-state index in [1.54, 1.807) is 13.0 Å². The van der Waals surface area contributed by atoms with Crippen molar-refractivity contribution in [2.24, 2.45) is 17.3 Å². The zero-order valence-corrected chi connectivity index (χ0v) is 13.3. The molecule has 0 aromatic carbocycles. The lowest BCUT2D eigenvalue weighted by atomic mass is 9.66. The molecule has 0 aromatic heterocycles. The summed E-state index contributed by atoms with van der Waals surface area (Å²) >= 11 is 0. The van der Waals surface area contributed by atoms with E-state index in [-0.39, 0.29) is 23.1 Å². The zero-order valence-electron chi connectivity index (χ0n) is 13.3. The number of ketones is 1. The maximum atomic E-state index is 11.9. The fourth-order valence-electron chi connectivity index (χ4n) is 3.00. The van der Waals surface area contributed by atoms with Gasteiger partial charge >= 0.3 is 5.97 Å². The van der Waals surface area contributed by atoms with E-state index in [1.807, 2.05) is 13.8 Å². The molecular weight excluding hydrogens is 252 g/mol. The average Bonchev–Trinajstić information content (AvgIpc) is 2.36. The van der Waals surface area contributed by atoms with Crippen LogP contribution in [0.5, 0.6) is 0 Å². The highest BCUT2D eigenvalue weighted by atomic mass is 16.5. The maximum Gasteiger partial charge on any atom is 0.330 e. The summed E-state index contributed by atoms with van der Waals surface area (Å²) in [6.45, 7) is 8.21. The lowest BCUT2D eigenvalue weighted by molar-refractivity contribution is -0.138. The molecule has 1 rings (SSSR count). The fourth-order valence-corrected chi connectivity index (χ4v) is 3.00. The van der Waals surface area contributed by atoms with Gasteiger partial charge < -0.3 is 4.74 Å². The molecule has 0 radical (unpaired) electrons. The molecule has 0 aliphatic heterocycles. The average molecular weight is 280 g/mol. The highest BCUT2D eigenvalue weighted by Crippen LogP contribution is 2.43. The number of esters is 1. The summed E-state index contributed by atoms with van der Waals surface area (Å²) in [4.78, 5) is 23.6. The third kappa shape index (κ3) is 5.10. The van der Waals surface area contributed by atoms with E-state index in [1.165, 1.54) is 25.3 Å². The number of carbonyl (C=O) groups is 2. The zero-order chi connectivity index (χ0) is 15.2. The van der Waals surface area contributed by atoms with Gasteiger partial charge in [0.05, 0.1) is 6.61 Å². The Kier molecular flexibility index (Phi) is 6.44. The summed E-state index contributed by atoms with van der Waals surface area (Å²) in [5.41, 5.74) is -0.00108. The Hall–Kier alpha value is -1.12. The molecule has 20 heavy (non-hydrogen) atoms. The number of allylic oxidation sites excluding steroid dienone is 1. The van der Waals surface area contributed by atoms with Crippen LogP contribution in [-0.2, 0) is 14.3 Å². The van der Waals surface area contributed by atoms with Crippen molar-refractivity contribution >= 4 is 11.8 Å². The molecule has 0 aromatic rings. The molecule has 1 aliphatic carbocycles. The third-order valence-electron chi connectivity index (χ3n) is 4.17. The molecule has 0 saturated heterocycles. The summed E-state index contributed by atoms with van der Waals surface area (Å²) in [6, 6.07) is 0. The van der Waals surface area contributed by atoms with Crippen LogP contribution in [0.15, 0.2) is 12.2 Å². The van der Waals surface area contributed by atoms with Crippen molar-refractivity contribution in [3.8, 4) is 0 Å². The predicted molar refractivity (Wildman–Crippen MR) is 80.3 cm³/mol. The summed E-state index contributed by atoms with van der Waals surface area (Å²) in [6.07, 6.45) is 8.91. The van der Waals surface area contributed by atoms with E-state index < -0.39 is 0 Å². The van der Waals surface area contributed by atoms with E-state index >= 15 is 0 Å². The first-order valence-electron chi connectivity index (χ1n) is 7.70. The minimum Gasteiger partial charge on any atom is -0.462 e. The second kappa shape index (κ2) is 7.61. The molecule has 1 aliphatic rings. The molecule has 1 fully saturated rings. The highest BCUT2D eigenvalue weighted by molar-refractivity contribution is 5.85. The summed E-state index contributed by atoms with van der Waals surface area (Å²) in [5, 5.41) is 0. The van der Waals surface area contributed by atoms with Crippen molar-refractivity contribution in [2.45, 2.75) is 59.8 Å². The SMILES string of the molecule is CC(=O)[C@@H](/C=C/C(=O)OCC(C)C)C1(C)CCCCC1. The lowest BCUT2D eigenvalue weighted by Crippen LogP contribution is -2.33. The minimum absolute atomic E-state index is 0.00108. The van der Waals surface area contributed by atoms with Crippen LogP contribution in [0.2, 0.25) is 0 Å². The Morgan fingerprint density at radius 1 is 1.20 bits per heavy atom. The molecule has 1 atom stereocenters. The molecule has 0 N–H and O–H groups in total. The van der Waals surface area contributed by atoms with Crippen LogP contribution in [0.4, 0.5) is 0 Å². The molecule has 3 nitrogen and oxygen atoms in total. The van der Waals surface area contributed by atoms with Crippen LogP contribution in [-0.4, -0.2) is 18.4 Å². The first kappa shape index (κ1) is 16.9. The number of Topliss-reactive ketones (excluding diaryl/α,β-unsaturated/α-hetero) is 1. The van der Waals surface area contributed by atoms with Gasteiger partial charge in [-0.1, -0.05) is 46.1 Å². The third-order valence-corrected chi connectivity index (χ3v) is 4.17. The van der Waals surface area contributed by atoms with Crippen molar-refractivity contribution in [3.05, 3.63) is 12.2 Å². The molecule has 0 unspecified atom stereocenters. The van der Waals surface area contributed by atoms with Crippen molar-refractivity contribution in [3.63, 3.8) is 0 Å². The second-order valence-electron chi connectivity index (χ2n) is 6.69. The number of rotatable bonds is 6. The summed E-state index contributed by atoms with van der Waals surface area (Å²) < 4.78 is 5.12. The van der Waals surface area contributed by atoms with Crippen molar-refractivity contribution in [1.29, 1.82) is 0 Å².